The normalized spacial score (nSPS) is 14.3. The summed E-state index contributed by atoms with van der Waals surface area (Å²) in [6, 6.07) is 1.20. The molecule has 0 aromatic carbocycles. The predicted molar refractivity (Wildman–Crippen MR) is 73.8 cm³/mol. The van der Waals surface area contributed by atoms with Gasteiger partial charge < -0.3 is 10.1 Å². The molecule has 0 aliphatic heterocycles. The summed E-state index contributed by atoms with van der Waals surface area (Å²) in [5, 5.41) is 4.31. The number of hydrogen-bond acceptors (Lipinski definition) is 5. The summed E-state index contributed by atoms with van der Waals surface area (Å²) in [6.07, 6.45) is 2.10. The molecule has 0 spiro atoms. The van der Waals surface area contributed by atoms with Gasteiger partial charge in [-0.05, 0) is 37.8 Å². The number of carbonyl (C=O) groups excluding carboxylic acids is 3. The van der Waals surface area contributed by atoms with Gasteiger partial charge in [-0.2, -0.15) is 0 Å². The number of hydrogen-bond donors (Lipinski definition) is 2. The molecule has 1 aliphatic rings. The maximum Gasteiger partial charge on any atom is 0.349 e. The smallest absolute Gasteiger partial charge is 0.349 e. The molecule has 1 aromatic heterocycles. The van der Waals surface area contributed by atoms with Crippen LogP contribution in [0.1, 0.15) is 33.5 Å². The minimum Gasteiger partial charge on any atom is -0.448 e. The summed E-state index contributed by atoms with van der Waals surface area (Å²) in [7, 11) is 1.40. The largest absolute Gasteiger partial charge is 0.448 e. The molecule has 0 saturated carbocycles. The number of nitrogens with one attached hydrogen (secondary N) is 2. The Morgan fingerprint density at radius 2 is 2.10 bits per heavy atom. The third-order valence-electron chi connectivity index (χ3n) is 3.06. The highest BCUT2D eigenvalue weighted by molar-refractivity contribution is 7.14. The van der Waals surface area contributed by atoms with Crippen LogP contribution in [0.15, 0.2) is 6.07 Å². The Balaban J connectivity index is 1.93. The highest BCUT2D eigenvalue weighted by Crippen LogP contribution is 2.31. The van der Waals surface area contributed by atoms with Crippen molar-refractivity contribution in [2.75, 3.05) is 7.05 Å². The molecule has 0 saturated heterocycles. The minimum atomic E-state index is -1.02. The van der Waals surface area contributed by atoms with E-state index in [1.165, 1.54) is 35.7 Å². The number of ether oxygens (including phenoxy) is 1. The molecule has 6 nitrogen and oxygen atoms in total. The number of carbonyl (C=O) groups is 3. The van der Waals surface area contributed by atoms with Crippen molar-refractivity contribution >= 4 is 29.2 Å². The lowest BCUT2D eigenvalue weighted by Crippen LogP contribution is -2.43. The second-order valence-electron chi connectivity index (χ2n) is 4.53. The lowest BCUT2D eigenvalue weighted by molar-refractivity contribution is -0.127. The maximum absolute atomic E-state index is 11.9. The molecule has 2 N–H and O–H groups in total. The summed E-state index contributed by atoms with van der Waals surface area (Å²) in [5.41, 5.74) is 1.20. The van der Waals surface area contributed by atoms with Crippen molar-refractivity contribution in [1.82, 2.24) is 10.6 Å². The van der Waals surface area contributed by atoms with Gasteiger partial charge in [0.2, 0.25) is 0 Å². The fraction of sp³-hybridized carbons (Fsp3) is 0.462. The molecular formula is C13H16N2O4S. The van der Waals surface area contributed by atoms with Crippen molar-refractivity contribution in [1.29, 1.82) is 0 Å². The van der Waals surface area contributed by atoms with Gasteiger partial charge in [-0.25, -0.2) is 9.59 Å². The molecule has 7 heteroatoms. The Labute approximate surface area is 120 Å². The van der Waals surface area contributed by atoms with Crippen LogP contribution < -0.4 is 10.6 Å². The molecule has 0 radical (unpaired) electrons. The standard InChI is InChI=1S/C13H16N2O4S/c1-7(11(16)15-13(18)14-2)19-12(17)10-6-8-4-3-5-9(8)20-10/h6-7H,3-5H2,1-2H3,(H2,14,15,16,18)/t7-/m0/s1. The van der Waals surface area contributed by atoms with E-state index in [0.717, 1.165) is 19.3 Å². The van der Waals surface area contributed by atoms with Crippen LogP contribution in [0.5, 0.6) is 0 Å². The van der Waals surface area contributed by atoms with Crippen molar-refractivity contribution in [2.45, 2.75) is 32.3 Å². The zero-order valence-corrected chi connectivity index (χ0v) is 12.1. The minimum absolute atomic E-state index is 0.509. The summed E-state index contributed by atoms with van der Waals surface area (Å²) < 4.78 is 5.06. The quantitative estimate of drug-likeness (QED) is 0.822. The molecule has 1 aliphatic carbocycles. The molecule has 108 valence electrons. The number of fused-ring (bicyclic) bond motifs is 1. The highest BCUT2D eigenvalue weighted by atomic mass is 32.1. The van der Waals surface area contributed by atoms with Crippen LogP contribution in [0, 0.1) is 0 Å². The van der Waals surface area contributed by atoms with Crippen LogP contribution in [0.2, 0.25) is 0 Å². The third kappa shape index (κ3) is 3.16. The SMILES string of the molecule is CNC(=O)NC(=O)[C@H](C)OC(=O)c1cc2c(s1)CCC2. The molecular weight excluding hydrogens is 280 g/mol. The lowest BCUT2D eigenvalue weighted by atomic mass is 10.2. The summed E-state index contributed by atoms with van der Waals surface area (Å²) in [6.45, 7) is 1.43. The number of urea groups is 1. The highest BCUT2D eigenvalue weighted by Gasteiger charge is 2.23. The van der Waals surface area contributed by atoms with E-state index in [4.69, 9.17) is 4.74 Å². The second-order valence-corrected chi connectivity index (χ2v) is 5.67. The van der Waals surface area contributed by atoms with Crippen LogP contribution in [0.4, 0.5) is 4.79 Å². The Kier molecular flexibility index (Phi) is 4.39. The van der Waals surface area contributed by atoms with E-state index in [-0.39, 0.29) is 0 Å². The van der Waals surface area contributed by atoms with Gasteiger partial charge in [0.15, 0.2) is 6.10 Å². The van der Waals surface area contributed by atoms with E-state index in [2.05, 4.69) is 10.6 Å². The number of esters is 1. The van der Waals surface area contributed by atoms with Crippen LogP contribution in [0.3, 0.4) is 0 Å². The van der Waals surface area contributed by atoms with Gasteiger partial charge in [-0.15, -0.1) is 11.3 Å². The average Bonchev–Trinajstić information content (AvgIpc) is 2.98. The fourth-order valence-corrected chi connectivity index (χ4v) is 3.11. The number of rotatable bonds is 3. The molecule has 0 bridgehead atoms. The Bertz CT molecular complexity index is 531. The Morgan fingerprint density at radius 1 is 1.35 bits per heavy atom. The molecule has 20 heavy (non-hydrogen) atoms. The number of aryl methyl sites for hydroxylation is 2. The van der Waals surface area contributed by atoms with Crippen LogP contribution in [-0.4, -0.2) is 31.1 Å². The Hall–Kier alpha value is -1.89. The van der Waals surface area contributed by atoms with Gasteiger partial charge >= 0.3 is 12.0 Å². The zero-order chi connectivity index (χ0) is 14.7. The summed E-state index contributed by atoms with van der Waals surface area (Å²) in [4.78, 5) is 36.2. The first-order chi connectivity index (χ1) is 9.51. The molecule has 0 unspecified atom stereocenters. The first-order valence-corrected chi connectivity index (χ1v) is 7.18. The van der Waals surface area contributed by atoms with E-state index < -0.39 is 24.0 Å². The zero-order valence-electron chi connectivity index (χ0n) is 11.3. The molecule has 3 amide bonds. The van der Waals surface area contributed by atoms with Crippen LogP contribution in [0.25, 0.3) is 0 Å². The van der Waals surface area contributed by atoms with Crippen LogP contribution in [-0.2, 0) is 22.4 Å². The van der Waals surface area contributed by atoms with Crippen molar-refractivity contribution in [2.24, 2.45) is 0 Å². The molecule has 0 fully saturated rings. The van der Waals surface area contributed by atoms with Gasteiger partial charge in [-0.1, -0.05) is 0 Å². The molecule has 1 heterocycles. The summed E-state index contributed by atoms with van der Waals surface area (Å²) >= 11 is 1.42. The van der Waals surface area contributed by atoms with E-state index in [0.29, 0.717) is 4.88 Å². The third-order valence-corrected chi connectivity index (χ3v) is 4.28. The number of amides is 3. The maximum atomic E-state index is 11.9. The Morgan fingerprint density at radius 3 is 2.75 bits per heavy atom. The van der Waals surface area contributed by atoms with E-state index in [1.54, 1.807) is 0 Å². The van der Waals surface area contributed by atoms with E-state index in [9.17, 15) is 14.4 Å². The van der Waals surface area contributed by atoms with Crippen molar-refractivity contribution < 1.29 is 19.1 Å². The monoisotopic (exact) mass is 296 g/mol. The first kappa shape index (κ1) is 14.5. The number of thiophene rings is 1. The predicted octanol–water partition coefficient (Wildman–Crippen LogP) is 1.24. The van der Waals surface area contributed by atoms with Crippen LogP contribution >= 0.6 is 11.3 Å². The topological polar surface area (TPSA) is 84.5 Å². The van der Waals surface area contributed by atoms with Gasteiger partial charge in [0, 0.05) is 11.9 Å². The molecule has 1 atom stereocenters. The van der Waals surface area contributed by atoms with Crippen molar-refractivity contribution in [3.8, 4) is 0 Å². The van der Waals surface area contributed by atoms with E-state index in [1.807, 2.05) is 6.07 Å². The van der Waals surface area contributed by atoms with Crippen molar-refractivity contribution in [3.63, 3.8) is 0 Å². The molecule has 1 aromatic rings. The fourth-order valence-electron chi connectivity index (χ4n) is 1.98. The molecule has 2 rings (SSSR count). The lowest BCUT2D eigenvalue weighted by Gasteiger charge is -2.11. The van der Waals surface area contributed by atoms with Gasteiger partial charge in [0.1, 0.15) is 4.88 Å². The van der Waals surface area contributed by atoms with Gasteiger partial charge in [-0.3, -0.25) is 10.1 Å². The summed E-state index contributed by atoms with van der Waals surface area (Å²) in [5.74, 6) is -1.18. The first-order valence-electron chi connectivity index (χ1n) is 6.36. The second kappa shape index (κ2) is 6.04. The van der Waals surface area contributed by atoms with E-state index >= 15 is 0 Å². The van der Waals surface area contributed by atoms with Crippen molar-refractivity contribution in [3.05, 3.63) is 21.4 Å². The average molecular weight is 296 g/mol. The van der Waals surface area contributed by atoms with Gasteiger partial charge in [0.25, 0.3) is 5.91 Å². The number of imide groups is 1. The van der Waals surface area contributed by atoms with Gasteiger partial charge in [0.05, 0.1) is 0 Å².